The van der Waals surface area contributed by atoms with Crippen LogP contribution in [0.1, 0.15) is 6.92 Å². The number of thiophene rings is 1. The van der Waals surface area contributed by atoms with Crippen LogP contribution >= 0.6 is 11.3 Å². The van der Waals surface area contributed by atoms with Crippen molar-refractivity contribution < 1.29 is 4.74 Å². The van der Waals surface area contributed by atoms with E-state index in [0.717, 1.165) is 48.8 Å². The van der Waals surface area contributed by atoms with Gasteiger partial charge in [-0.2, -0.15) is 4.98 Å². The smallest absolute Gasteiger partial charge is 0.226 e. The lowest BCUT2D eigenvalue weighted by molar-refractivity contribution is -0.0117. The van der Waals surface area contributed by atoms with E-state index >= 15 is 0 Å². The van der Waals surface area contributed by atoms with Gasteiger partial charge in [0.15, 0.2) is 0 Å². The summed E-state index contributed by atoms with van der Waals surface area (Å²) in [6.07, 6.45) is 0.204. The van der Waals surface area contributed by atoms with E-state index in [1.54, 1.807) is 11.3 Å². The van der Waals surface area contributed by atoms with Crippen molar-refractivity contribution in [3.8, 4) is 0 Å². The highest BCUT2D eigenvalue weighted by molar-refractivity contribution is 7.16. The number of ether oxygens (including phenoxy) is 1. The summed E-state index contributed by atoms with van der Waals surface area (Å²) in [6.45, 7) is 6.36. The van der Waals surface area contributed by atoms with Crippen LogP contribution < -0.4 is 10.6 Å². The summed E-state index contributed by atoms with van der Waals surface area (Å²) in [6, 6.07) is 2.06. The number of hydrogen-bond acceptors (Lipinski definition) is 7. The quantitative estimate of drug-likeness (QED) is 0.879. The number of nitrogens with zero attached hydrogens (tertiary/aromatic N) is 3. The van der Waals surface area contributed by atoms with Gasteiger partial charge in [-0.25, -0.2) is 4.98 Å². The van der Waals surface area contributed by atoms with Gasteiger partial charge in [-0.3, -0.25) is 0 Å². The summed E-state index contributed by atoms with van der Waals surface area (Å²) in [7, 11) is 2.13. The molecule has 0 amide bonds. The molecule has 1 fully saturated rings. The van der Waals surface area contributed by atoms with E-state index in [1.165, 1.54) is 0 Å². The minimum absolute atomic E-state index is 0.204. The molecule has 3 rings (SSSR count). The Labute approximate surface area is 128 Å². The van der Waals surface area contributed by atoms with Crippen molar-refractivity contribution in [2.24, 2.45) is 0 Å². The summed E-state index contributed by atoms with van der Waals surface area (Å²) in [5, 5.41) is 9.73. The number of rotatable bonds is 5. The van der Waals surface area contributed by atoms with Crippen LogP contribution in [0.4, 0.5) is 11.8 Å². The molecule has 7 heteroatoms. The van der Waals surface area contributed by atoms with Crippen LogP contribution in [0.3, 0.4) is 0 Å². The fourth-order valence-corrected chi connectivity index (χ4v) is 3.19. The Morgan fingerprint density at radius 3 is 3.14 bits per heavy atom. The second-order valence-corrected chi connectivity index (χ2v) is 6.10. The minimum atomic E-state index is 0.204. The Bertz CT molecular complexity index is 602. The zero-order valence-corrected chi connectivity index (χ0v) is 13.2. The third-order valence-electron chi connectivity index (χ3n) is 3.50. The molecule has 0 radical (unpaired) electrons. The second kappa shape index (κ2) is 6.55. The first-order chi connectivity index (χ1) is 10.3. The lowest BCUT2D eigenvalue weighted by atomic mass is 10.2. The van der Waals surface area contributed by atoms with Crippen molar-refractivity contribution in [2.75, 3.05) is 50.5 Å². The summed E-state index contributed by atoms with van der Waals surface area (Å²) in [5.41, 5.74) is 0. The van der Waals surface area contributed by atoms with Crippen LogP contribution in [-0.2, 0) is 4.74 Å². The van der Waals surface area contributed by atoms with Crippen molar-refractivity contribution in [1.82, 2.24) is 14.9 Å². The first kappa shape index (κ1) is 14.5. The van der Waals surface area contributed by atoms with Gasteiger partial charge in [-0.1, -0.05) is 0 Å². The first-order valence-electron chi connectivity index (χ1n) is 7.29. The second-order valence-electron chi connectivity index (χ2n) is 5.20. The Hall–Kier alpha value is -1.44. The maximum absolute atomic E-state index is 5.78. The molecule has 6 nitrogen and oxygen atoms in total. The van der Waals surface area contributed by atoms with Gasteiger partial charge in [0.1, 0.15) is 10.6 Å². The molecule has 21 heavy (non-hydrogen) atoms. The summed E-state index contributed by atoms with van der Waals surface area (Å²) < 4.78 is 5.78. The maximum Gasteiger partial charge on any atom is 0.226 e. The van der Waals surface area contributed by atoms with Gasteiger partial charge >= 0.3 is 0 Å². The van der Waals surface area contributed by atoms with Crippen molar-refractivity contribution in [3.05, 3.63) is 11.4 Å². The monoisotopic (exact) mass is 307 g/mol. The Balaban J connectivity index is 1.74. The molecule has 3 heterocycles. The SMILES string of the molecule is CCNc1nc(NCC2CN(C)CCO2)c2ccsc2n1. The van der Waals surface area contributed by atoms with Gasteiger partial charge in [0, 0.05) is 26.2 Å². The highest BCUT2D eigenvalue weighted by atomic mass is 32.1. The van der Waals surface area contributed by atoms with E-state index < -0.39 is 0 Å². The van der Waals surface area contributed by atoms with E-state index in [2.05, 4.69) is 38.6 Å². The minimum Gasteiger partial charge on any atom is -0.374 e. The lowest BCUT2D eigenvalue weighted by Crippen LogP contribution is -2.43. The fourth-order valence-electron chi connectivity index (χ4n) is 2.43. The largest absolute Gasteiger partial charge is 0.374 e. The standard InChI is InChI=1S/C14H21N5OS/c1-3-15-14-17-12(11-4-7-21-13(11)18-14)16-8-10-9-19(2)5-6-20-10/h4,7,10H,3,5-6,8-9H2,1-2H3,(H2,15,16,17,18). The van der Waals surface area contributed by atoms with Crippen molar-refractivity contribution in [2.45, 2.75) is 13.0 Å². The van der Waals surface area contributed by atoms with Crippen molar-refractivity contribution in [1.29, 1.82) is 0 Å². The number of nitrogens with one attached hydrogen (secondary N) is 2. The highest BCUT2D eigenvalue weighted by Crippen LogP contribution is 2.26. The molecule has 0 aliphatic carbocycles. The van der Waals surface area contributed by atoms with Gasteiger partial charge in [0.05, 0.1) is 18.1 Å². The Morgan fingerprint density at radius 2 is 2.33 bits per heavy atom. The molecule has 1 saturated heterocycles. The van der Waals surface area contributed by atoms with Crippen LogP contribution in [0.5, 0.6) is 0 Å². The molecule has 1 atom stereocenters. The van der Waals surface area contributed by atoms with Crippen LogP contribution in [0, 0.1) is 0 Å². The number of likely N-dealkylation sites (N-methyl/N-ethyl adjacent to an activating group) is 1. The molecular weight excluding hydrogens is 286 g/mol. The third-order valence-corrected chi connectivity index (χ3v) is 4.31. The predicted molar refractivity (Wildman–Crippen MR) is 87.3 cm³/mol. The summed E-state index contributed by atoms with van der Waals surface area (Å²) in [4.78, 5) is 12.4. The van der Waals surface area contributed by atoms with Crippen LogP contribution in [-0.4, -0.2) is 60.8 Å². The number of fused-ring (bicyclic) bond motifs is 1. The molecule has 1 aliphatic rings. The molecule has 1 unspecified atom stereocenters. The zero-order chi connectivity index (χ0) is 14.7. The molecule has 2 aromatic rings. The van der Waals surface area contributed by atoms with E-state index in [4.69, 9.17) is 4.74 Å². The molecule has 0 spiro atoms. The molecule has 2 N–H and O–H groups in total. The maximum atomic E-state index is 5.78. The third kappa shape index (κ3) is 3.42. The summed E-state index contributed by atoms with van der Waals surface area (Å²) >= 11 is 1.63. The van der Waals surface area contributed by atoms with E-state index in [-0.39, 0.29) is 6.10 Å². The molecule has 0 aromatic carbocycles. The predicted octanol–water partition coefficient (Wildman–Crippen LogP) is 1.87. The Kier molecular flexibility index (Phi) is 4.52. The van der Waals surface area contributed by atoms with Crippen molar-refractivity contribution >= 4 is 33.3 Å². The summed E-state index contributed by atoms with van der Waals surface area (Å²) in [5.74, 6) is 1.56. The lowest BCUT2D eigenvalue weighted by Gasteiger charge is -2.30. The molecule has 0 saturated carbocycles. The zero-order valence-electron chi connectivity index (χ0n) is 12.4. The van der Waals surface area contributed by atoms with Gasteiger partial charge in [-0.15, -0.1) is 11.3 Å². The molecule has 0 bridgehead atoms. The van der Waals surface area contributed by atoms with E-state index in [1.807, 2.05) is 12.3 Å². The molecule has 114 valence electrons. The topological polar surface area (TPSA) is 62.3 Å². The molecule has 2 aromatic heterocycles. The van der Waals surface area contributed by atoms with Gasteiger partial charge in [0.2, 0.25) is 5.95 Å². The average molecular weight is 307 g/mol. The first-order valence-corrected chi connectivity index (χ1v) is 8.17. The Morgan fingerprint density at radius 1 is 1.43 bits per heavy atom. The van der Waals surface area contributed by atoms with Gasteiger partial charge < -0.3 is 20.3 Å². The number of aromatic nitrogens is 2. The van der Waals surface area contributed by atoms with Crippen LogP contribution in [0.25, 0.3) is 10.2 Å². The average Bonchev–Trinajstić information content (AvgIpc) is 2.93. The van der Waals surface area contributed by atoms with E-state index in [9.17, 15) is 0 Å². The van der Waals surface area contributed by atoms with Crippen LogP contribution in [0.2, 0.25) is 0 Å². The molecule has 1 aliphatic heterocycles. The van der Waals surface area contributed by atoms with Gasteiger partial charge in [0.25, 0.3) is 0 Å². The highest BCUT2D eigenvalue weighted by Gasteiger charge is 2.18. The van der Waals surface area contributed by atoms with Gasteiger partial charge in [-0.05, 0) is 25.4 Å². The normalized spacial score (nSPS) is 19.8. The number of anilines is 2. The fraction of sp³-hybridized carbons (Fsp3) is 0.571. The molecular formula is C14H21N5OS. The number of hydrogen-bond donors (Lipinski definition) is 2. The van der Waals surface area contributed by atoms with Crippen LogP contribution in [0.15, 0.2) is 11.4 Å². The number of morpholine rings is 1. The van der Waals surface area contributed by atoms with Crippen molar-refractivity contribution in [3.63, 3.8) is 0 Å². The van der Waals surface area contributed by atoms with E-state index in [0.29, 0.717) is 5.95 Å².